The maximum Gasteiger partial charge on any atom is 0.103 e. The Morgan fingerprint density at radius 1 is 1.60 bits per heavy atom. The van der Waals surface area contributed by atoms with E-state index < -0.39 is 0 Å². The highest BCUT2D eigenvalue weighted by Crippen LogP contribution is 2.28. The van der Waals surface area contributed by atoms with E-state index in [1.54, 1.807) is 11.8 Å². The number of nitrogens with zero attached hydrogens (tertiary/aromatic N) is 2. The van der Waals surface area contributed by atoms with E-state index in [9.17, 15) is 0 Å². The zero-order valence-corrected chi connectivity index (χ0v) is 9.84. The Morgan fingerprint density at radius 3 is 2.87 bits per heavy atom. The monoisotopic (exact) mass is 218 g/mol. The minimum atomic E-state index is 0.743. The number of rotatable bonds is 4. The van der Waals surface area contributed by atoms with Crippen molar-refractivity contribution in [2.24, 2.45) is 0 Å². The number of likely N-dealkylation sites (N-methyl/N-ethyl adjacent to an activating group) is 1. The molecule has 0 amide bonds. The third-order valence-electron chi connectivity index (χ3n) is 2.15. The van der Waals surface area contributed by atoms with Crippen molar-refractivity contribution in [2.75, 3.05) is 24.7 Å². The number of benzene rings is 1. The predicted molar refractivity (Wildman–Crippen MR) is 66.4 cm³/mol. The summed E-state index contributed by atoms with van der Waals surface area (Å²) >= 11 is 1.59. The molecule has 2 nitrogen and oxygen atoms in total. The number of nitriles is 1. The van der Waals surface area contributed by atoms with Crippen LogP contribution in [0, 0.1) is 11.3 Å². The van der Waals surface area contributed by atoms with Gasteiger partial charge in [-0.25, -0.2) is 0 Å². The molecule has 0 atom stereocenters. The van der Waals surface area contributed by atoms with Crippen molar-refractivity contribution in [3.63, 3.8) is 0 Å². The second-order valence-corrected chi connectivity index (χ2v) is 3.98. The zero-order valence-electron chi connectivity index (χ0n) is 9.03. The maximum atomic E-state index is 9.13. The molecule has 0 fully saturated rings. The molecule has 0 bridgehead atoms. The van der Waals surface area contributed by atoms with Crippen molar-refractivity contribution >= 4 is 17.4 Å². The summed E-state index contributed by atoms with van der Waals surface area (Å²) in [7, 11) is 1.96. The predicted octanol–water partition coefficient (Wildman–Crippen LogP) is 2.90. The number of hydrogen-bond donors (Lipinski definition) is 0. The van der Waals surface area contributed by atoms with Crippen molar-refractivity contribution in [2.45, 2.75) is 4.90 Å². The van der Waals surface area contributed by atoms with Gasteiger partial charge in [-0.1, -0.05) is 12.1 Å². The topological polar surface area (TPSA) is 27.0 Å². The summed E-state index contributed by atoms with van der Waals surface area (Å²) in [5, 5.41) is 9.13. The van der Waals surface area contributed by atoms with Crippen molar-refractivity contribution in [1.29, 1.82) is 5.26 Å². The first-order valence-electron chi connectivity index (χ1n) is 4.63. The molecule has 0 aliphatic rings. The highest BCUT2D eigenvalue weighted by molar-refractivity contribution is 7.98. The van der Waals surface area contributed by atoms with Gasteiger partial charge in [0.15, 0.2) is 0 Å². The summed E-state index contributed by atoms with van der Waals surface area (Å²) in [4.78, 5) is 3.04. The van der Waals surface area contributed by atoms with Crippen molar-refractivity contribution < 1.29 is 0 Å². The van der Waals surface area contributed by atoms with Crippen molar-refractivity contribution in [3.8, 4) is 6.07 Å². The van der Waals surface area contributed by atoms with Gasteiger partial charge in [0.1, 0.15) is 6.07 Å². The minimum absolute atomic E-state index is 0.743. The molecular weight excluding hydrogens is 204 g/mol. The lowest BCUT2D eigenvalue weighted by molar-refractivity contribution is 1.02. The summed E-state index contributed by atoms with van der Waals surface area (Å²) in [6.45, 7) is 4.44. The third-order valence-corrected chi connectivity index (χ3v) is 2.93. The molecule has 0 heterocycles. The molecule has 78 valence electrons. The van der Waals surface area contributed by atoms with Crippen molar-refractivity contribution in [3.05, 3.63) is 36.4 Å². The molecule has 0 aromatic heterocycles. The van der Waals surface area contributed by atoms with Gasteiger partial charge in [0.25, 0.3) is 0 Å². The van der Waals surface area contributed by atoms with E-state index in [1.807, 2.05) is 42.5 Å². The van der Waals surface area contributed by atoms with Gasteiger partial charge in [-0.3, -0.25) is 0 Å². The van der Waals surface area contributed by atoms with Gasteiger partial charge in [0.05, 0.1) is 11.3 Å². The fraction of sp³-hybridized carbons (Fsp3) is 0.250. The number of thioether (sulfide) groups is 1. The number of anilines is 1. The summed E-state index contributed by atoms with van der Waals surface area (Å²) in [5.74, 6) is 0. The fourth-order valence-electron chi connectivity index (χ4n) is 1.41. The summed E-state index contributed by atoms with van der Waals surface area (Å²) < 4.78 is 0. The lowest BCUT2D eigenvalue weighted by atomic mass is 10.2. The van der Waals surface area contributed by atoms with E-state index in [2.05, 4.69) is 12.6 Å². The molecule has 1 rings (SSSR count). The molecule has 0 radical (unpaired) electrons. The molecule has 0 N–H and O–H groups in total. The molecular formula is C12H14N2S. The first kappa shape index (κ1) is 11.7. The Hall–Kier alpha value is -1.40. The molecule has 0 aliphatic heterocycles. The van der Waals surface area contributed by atoms with E-state index in [1.165, 1.54) is 0 Å². The van der Waals surface area contributed by atoms with Gasteiger partial charge in [-0.2, -0.15) is 5.26 Å². The van der Waals surface area contributed by atoms with Gasteiger partial charge >= 0.3 is 0 Å². The molecule has 0 unspecified atom stereocenters. The highest BCUT2D eigenvalue weighted by Gasteiger charge is 2.09. The SMILES string of the molecule is C=CCN(C)c1cccc(SC)c1C#N. The van der Waals surface area contributed by atoms with Crippen LogP contribution >= 0.6 is 11.8 Å². The lowest BCUT2D eigenvalue weighted by Crippen LogP contribution is -2.17. The van der Waals surface area contributed by atoms with Crippen LogP contribution in [-0.2, 0) is 0 Å². The van der Waals surface area contributed by atoms with Gasteiger partial charge < -0.3 is 4.90 Å². The molecule has 0 saturated carbocycles. The van der Waals surface area contributed by atoms with E-state index in [4.69, 9.17) is 5.26 Å². The quantitative estimate of drug-likeness (QED) is 0.574. The van der Waals surface area contributed by atoms with Crippen LogP contribution in [0.15, 0.2) is 35.7 Å². The Morgan fingerprint density at radius 2 is 2.33 bits per heavy atom. The number of hydrogen-bond acceptors (Lipinski definition) is 3. The average Bonchev–Trinajstić information content (AvgIpc) is 2.28. The van der Waals surface area contributed by atoms with Crippen LogP contribution in [0.5, 0.6) is 0 Å². The molecule has 0 aliphatic carbocycles. The maximum absolute atomic E-state index is 9.13. The average molecular weight is 218 g/mol. The van der Waals surface area contributed by atoms with Crippen LogP contribution < -0.4 is 4.90 Å². The summed E-state index contributed by atoms with van der Waals surface area (Å²) in [6, 6.07) is 8.16. The summed E-state index contributed by atoms with van der Waals surface area (Å²) in [6.07, 6.45) is 3.81. The normalized spacial score (nSPS) is 9.40. The van der Waals surface area contributed by atoms with Crippen LogP contribution in [0.2, 0.25) is 0 Å². The standard InChI is InChI=1S/C12H14N2S/c1-4-8-14(2)11-6-5-7-12(15-3)10(11)9-13/h4-7H,1,8H2,2-3H3. The van der Waals surface area contributed by atoms with E-state index in [-0.39, 0.29) is 0 Å². The van der Waals surface area contributed by atoms with Crippen LogP contribution in [-0.4, -0.2) is 19.8 Å². The second-order valence-electron chi connectivity index (χ2n) is 3.14. The highest BCUT2D eigenvalue weighted by atomic mass is 32.2. The summed E-state index contributed by atoms with van der Waals surface area (Å²) in [5.41, 5.74) is 1.71. The second kappa shape index (κ2) is 5.47. The van der Waals surface area contributed by atoms with E-state index in [0.717, 1.165) is 22.7 Å². The van der Waals surface area contributed by atoms with Crippen LogP contribution in [0.4, 0.5) is 5.69 Å². The van der Waals surface area contributed by atoms with E-state index >= 15 is 0 Å². The Kier molecular flexibility index (Phi) is 4.26. The Labute approximate surface area is 95.2 Å². The molecule has 0 saturated heterocycles. The van der Waals surface area contributed by atoms with Gasteiger partial charge in [-0.05, 0) is 18.4 Å². The lowest BCUT2D eigenvalue weighted by Gasteiger charge is -2.19. The van der Waals surface area contributed by atoms with Gasteiger partial charge in [0, 0.05) is 18.5 Å². The van der Waals surface area contributed by atoms with Gasteiger partial charge in [-0.15, -0.1) is 18.3 Å². The van der Waals surface area contributed by atoms with Crippen molar-refractivity contribution in [1.82, 2.24) is 0 Å². The molecule has 1 aromatic rings. The first-order chi connectivity index (χ1) is 7.24. The fourth-order valence-corrected chi connectivity index (χ4v) is 1.98. The molecule has 0 spiro atoms. The Bertz CT molecular complexity index is 393. The molecule has 1 aromatic carbocycles. The van der Waals surface area contributed by atoms with E-state index in [0.29, 0.717) is 0 Å². The molecule has 15 heavy (non-hydrogen) atoms. The largest absolute Gasteiger partial charge is 0.370 e. The first-order valence-corrected chi connectivity index (χ1v) is 5.86. The smallest absolute Gasteiger partial charge is 0.103 e. The molecule has 3 heteroatoms. The zero-order chi connectivity index (χ0) is 11.3. The third kappa shape index (κ3) is 2.54. The van der Waals surface area contributed by atoms with Crippen LogP contribution in [0.25, 0.3) is 0 Å². The van der Waals surface area contributed by atoms with Crippen LogP contribution in [0.1, 0.15) is 5.56 Å². The minimum Gasteiger partial charge on any atom is -0.370 e. The Balaban J connectivity index is 3.18. The van der Waals surface area contributed by atoms with Gasteiger partial charge in [0.2, 0.25) is 0 Å². The van der Waals surface area contributed by atoms with Crippen LogP contribution in [0.3, 0.4) is 0 Å².